The van der Waals surface area contributed by atoms with Crippen LogP contribution in [0.1, 0.15) is 19.3 Å². The van der Waals surface area contributed by atoms with Crippen molar-refractivity contribution < 1.29 is 9.84 Å². The standard InChI is InChI=1S/C17H24N4O2/c1-23-12-13(22)11-18-16-17(21-9-5-2-6-10-21)20-15-8-4-3-7-14(15)19-16/h3-4,7-8,13,22H,2,5-6,9-12H2,1H3,(H,18,19). The second-order valence-corrected chi connectivity index (χ2v) is 5.92. The zero-order chi connectivity index (χ0) is 16.1. The van der Waals surface area contributed by atoms with Gasteiger partial charge in [0.15, 0.2) is 11.6 Å². The number of piperidine rings is 1. The maximum Gasteiger partial charge on any atom is 0.172 e. The smallest absolute Gasteiger partial charge is 0.172 e. The molecule has 1 aliphatic rings. The summed E-state index contributed by atoms with van der Waals surface area (Å²) in [5, 5.41) is 13.1. The highest BCUT2D eigenvalue weighted by atomic mass is 16.5. The highest BCUT2D eigenvalue weighted by Crippen LogP contribution is 2.27. The van der Waals surface area contributed by atoms with Gasteiger partial charge in [0.25, 0.3) is 0 Å². The van der Waals surface area contributed by atoms with Crippen molar-refractivity contribution in [3.8, 4) is 0 Å². The van der Waals surface area contributed by atoms with E-state index in [9.17, 15) is 5.11 Å². The number of nitrogens with one attached hydrogen (secondary N) is 1. The van der Waals surface area contributed by atoms with Gasteiger partial charge < -0.3 is 20.1 Å². The topological polar surface area (TPSA) is 70.5 Å². The number of ether oxygens (including phenoxy) is 1. The Kier molecular flexibility index (Phi) is 5.25. The molecule has 124 valence electrons. The summed E-state index contributed by atoms with van der Waals surface area (Å²) in [4.78, 5) is 11.8. The maximum atomic E-state index is 9.88. The zero-order valence-electron chi connectivity index (χ0n) is 13.5. The van der Waals surface area contributed by atoms with Gasteiger partial charge in [0.1, 0.15) is 0 Å². The first-order valence-electron chi connectivity index (χ1n) is 8.20. The van der Waals surface area contributed by atoms with Gasteiger partial charge in [0.05, 0.1) is 23.7 Å². The van der Waals surface area contributed by atoms with Crippen LogP contribution < -0.4 is 10.2 Å². The number of aliphatic hydroxyl groups excluding tert-OH is 1. The van der Waals surface area contributed by atoms with Crippen molar-refractivity contribution in [1.82, 2.24) is 9.97 Å². The monoisotopic (exact) mass is 316 g/mol. The highest BCUT2D eigenvalue weighted by Gasteiger charge is 2.18. The number of hydrogen-bond acceptors (Lipinski definition) is 6. The van der Waals surface area contributed by atoms with E-state index in [0.29, 0.717) is 13.2 Å². The van der Waals surface area contributed by atoms with Crippen LogP contribution in [0.25, 0.3) is 11.0 Å². The molecule has 1 fully saturated rings. The molecule has 6 nitrogen and oxygen atoms in total. The summed E-state index contributed by atoms with van der Waals surface area (Å²) in [5.74, 6) is 1.62. The number of para-hydroxylation sites is 2. The molecular weight excluding hydrogens is 292 g/mol. The number of aromatic nitrogens is 2. The molecule has 3 rings (SSSR count). The van der Waals surface area contributed by atoms with Gasteiger partial charge in [0, 0.05) is 26.7 Å². The third-order valence-corrected chi connectivity index (χ3v) is 4.07. The van der Waals surface area contributed by atoms with Crippen LogP contribution in [0.4, 0.5) is 11.6 Å². The third-order valence-electron chi connectivity index (χ3n) is 4.07. The van der Waals surface area contributed by atoms with Crippen molar-refractivity contribution >= 4 is 22.7 Å². The lowest BCUT2D eigenvalue weighted by molar-refractivity contribution is 0.0727. The van der Waals surface area contributed by atoms with E-state index in [1.54, 1.807) is 7.11 Å². The van der Waals surface area contributed by atoms with Crippen LogP contribution in [0, 0.1) is 0 Å². The van der Waals surface area contributed by atoms with Gasteiger partial charge in [-0.3, -0.25) is 0 Å². The Hall–Kier alpha value is -1.92. The molecule has 1 aliphatic heterocycles. The van der Waals surface area contributed by atoms with Gasteiger partial charge in [-0.15, -0.1) is 0 Å². The minimum absolute atomic E-state index is 0.299. The first-order chi connectivity index (χ1) is 11.3. The molecule has 23 heavy (non-hydrogen) atoms. The van der Waals surface area contributed by atoms with Gasteiger partial charge in [-0.2, -0.15) is 0 Å². The summed E-state index contributed by atoms with van der Waals surface area (Å²) in [7, 11) is 1.58. The summed E-state index contributed by atoms with van der Waals surface area (Å²) in [5.41, 5.74) is 1.76. The summed E-state index contributed by atoms with van der Waals surface area (Å²) >= 11 is 0. The van der Waals surface area contributed by atoms with Crippen molar-refractivity contribution in [1.29, 1.82) is 0 Å². The van der Waals surface area contributed by atoms with E-state index in [2.05, 4.69) is 10.2 Å². The van der Waals surface area contributed by atoms with Crippen LogP contribution in [0.2, 0.25) is 0 Å². The highest BCUT2D eigenvalue weighted by molar-refractivity contribution is 5.80. The lowest BCUT2D eigenvalue weighted by Crippen LogP contribution is -2.32. The van der Waals surface area contributed by atoms with Crippen LogP contribution in [0.15, 0.2) is 24.3 Å². The molecule has 0 saturated carbocycles. The molecule has 2 N–H and O–H groups in total. The fraction of sp³-hybridized carbons (Fsp3) is 0.529. The number of rotatable bonds is 6. The molecule has 1 atom stereocenters. The number of hydrogen-bond donors (Lipinski definition) is 2. The van der Waals surface area contributed by atoms with Crippen LogP contribution in [-0.4, -0.2) is 54.5 Å². The van der Waals surface area contributed by atoms with Crippen molar-refractivity contribution in [2.75, 3.05) is 43.6 Å². The van der Waals surface area contributed by atoms with E-state index in [1.807, 2.05) is 24.3 Å². The first-order valence-corrected chi connectivity index (χ1v) is 8.20. The van der Waals surface area contributed by atoms with Crippen LogP contribution in [0.5, 0.6) is 0 Å². The quantitative estimate of drug-likeness (QED) is 0.850. The lowest BCUT2D eigenvalue weighted by Gasteiger charge is -2.29. The fourth-order valence-electron chi connectivity index (χ4n) is 2.90. The van der Waals surface area contributed by atoms with Crippen molar-refractivity contribution in [3.05, 3.63) is 24.3 Å². The third kappa shape index (κ3) is 3.89. The number of aliphatic hydroxyl groups is 1. The molecule has 0 amide bonds. The number of nitrogens with zero attached hydrogens (tertiary/aromatic N) is 3. The van der Waals surface area contributed by atoms with E-state index in [4.69, 9.17) is 14.7 Å². The molecule has 1 saturated heterocycles. The molecule has 2 heterocycles. The summed E-state index contributed by atoms with van der Waals surface area (Å²) in [6, 6.07) is 7.88. The van der Waals surface area contributed by atoms with Crippen molar-refractivity contribution in [3.63, 3.8) is 0 Å². The predicted octanol–water partition coefficient (Wildman–Crippen LogP) is 2.04. The van der Waals surface area contributed by atoms with Gasteiger partial charge in [-0.05, 0) is 31.4 Å². The average molecular weight is 316 g/mol. The van der Waals surface area contributed by atoms with Crippen LogP contribution in [0.3, 0.4) is 0 Å². The van der Waals surface area contributed by atoms with E-state index < -0.39 is 6.10 Å². The molecule has 0 aliphatic carbocycles. The molecule has 1 unspecified atom stereocenters. The molecular formula is C17H24N4O2. The van der Waals surface area contributed by atoms with Gasteiger partial charge in [-0.25, -0.2) is 9.97 Å². The molecule has 6 heteroatoms. The van der Waals surface area contributed by atoms with Crippen LogP contribution >= 0.6 is 0 Å². The van der Waals surface area contributed by atoms with Crippen molar-refractivity contribution in [2.24, 2.45) is 0 Å². The molecule has 0 bridgehead atoms. The fourth-order valence-corrected chi connectivity index (χ4v) is 2.90. The van der Waals surface area contributed by atoms with Gasteiger partial charge in [0.2, 0.25) is 0 Å². The van der Waals surface area contributed by atoms with E-state index in [-0.39, 0.29) is 0 Å². The lowest BCUT2D eigenvalue weighted by atomic mass is 10.1. The molecule has 1 aromatic carbocycles. The predicted molar refractivity (Wildman–Crippen MR) is 92.0 cm³/mol. The molecule has 1 aromatic heterocycles. The van der Waals surface area contributed by atoms with Crippen LogP contribution in [-0.2, 0) is 4.74 Å². The summed E-state index contributed by atoms with van der Waals surface area (Å²) < 4.78 is 4.97. The Labute approximate surface area is 136 Å². The number of anilines is 2. The minimum Gasteiger partial charge on any atom is -0.389 e. The van der Waals surface area contributed by atoms with E-state index in [0.717, 1.165) is 35.8 Å². The Morgan fingerprint density at radius 2 is 1.87 bits per heavy atom. The average Bonchev–Trinajstić information content (AvgIpc) is 2.60. The minimum atomic E-state index is -0.567. The largest absolute Gasteiger partial charge is 0.389 e. The molecule has 0 radical (unpaired) electrons. The Morgan fingerprint density at radius 1 is 1.17 bits per heavy atom. The van der Waals surface area contributed by atoms with Gasteiger partial charge in [-0.1, -0.05) is 12.1 Å². The SMILES string of the molecule is COCC(O)CNc1nc2ccccc2nc1N1CCCCC1. The second-order valence-electron chi connectivity index (χ2n) is 5.92. The zero-order valence-corrected chi connectivity index (χ0v) is 13.5. The summed E-state index contributed by atoms with van der Waals surface area (Å²) in [6.07, 6.45) is 3.07. The number of methoxy groups -OCH3 is 1. The van der Waals surface area contributed by atoms with E-state index >= 15 is 0 Å². The maximum absolute atomic E-state index is 9.88. The number of fused-ring (bicyclic) bond motifs is 1. The van der Waals surface area contributed by atoms with Crippen molar-refractivity contribution in [2.45, 2.75) is 25.4 Å². The Morgan fingerprint density at radius 3 is 2.57 bits per heavy atom. The Balaban J connectivity index is 1.88. The summed E-state index contributed by atoms with van der Waals surface area (Å²) in [6.45, 7) is 2.69. The Bertz CT molecular complexity index is 644. The normalized spacial score (nSPS) is 16.5. The van der Waals surface area contributed by atoms with Gasteiger partial charge >= 0.3 is 0 Å². The van der Waals surface area contributed by atoms with E-state index in [1.165, 1.54) is 19.3 Å². The second kappa shape index (κ2) is 7.57. The number of benzene rings is 1. The molecule has 2 aromatic rings. The first kappa shape index (κ1) is 16.0. The molecule has 0 spiro atoms.